The molecule has 0 saturated heterocycles. The van der Waals surface area contributed by atoms with Crippen molar-refractivity contribution in [2.45, 2.75) is 51.4 Å². The number of rotatable bonds is 18. The average molecular weight is 2400 g/mol. The second-order valence-electron chi connectivity index (χ2n) is 30.5. The molecule has 4 aliphatic carbocycles. The van der Waals surface area contributed by atoms with E-state index in [0.717, 1.165) is 47.9 Å². The van der Waals surface area contributed by atoms with Crippen LogP contribution in [0.15, 0.2) is 413 Å². The van der Waals surface area contributed by atoms with Crippen LogP contribution in [0, 0.1) is 49.4 Å². The normalized spacial score (nSPS) is 11.0. The van der Waals surface area contributed by atoms with Crippen LogP contribution in [-0.4, -0.2) is 24.6 Å². The molecule has 0 aromatic heterocycles. The summed E-state index contributed by atoms with van der Waals surface area (Å²) in [6, 6.07) is 147. The fraction of sp³-hybridized carbons (Fsp3) is 0.103. The third kappa shape index (κ3) is 24.6. The summed E-state index contributed by atoms with van der Waals surface area (Å²) in [6.07, 6.45) is 43.2. The van der Waals surface area contributed by atoms with Gasteiger partial charge in [0.25, 0.3) is 0 Å². The van der Waals surface area contributed by atoms with Crippen molar-refractivity contribution in [2.75, 3.05) is 24.6 Å². The second-order valence-corrected chi connectivity index (χ2v) is 41.0. The van der Waals surface area contributed by atoms with Crippen molar-refractivity contribution in [1.29, 1.82) is 0 Å². The Labute approximate surface area is 804 Å². The van der Waals surface area contributed by atoms with Crippen molar-refractivity contribution in [3.8, 4) is 68.2 Å². The van der Waals surface area contributed by atoms with E-state index in [0.29, 0.717) is 0 Å². The first-order valence-electron chi connectivity index (χ1n) is 41.8. The van der Waals surface area contributed by atoms with Gasteiger partial charge in [0, 0.05) is 0 Å². The van der Waals surface area contributed by atoms with Gasteiger partial charge in [0.05, 0.1) is 98.8 Å². The molecule has 16 aromatic carbocycles. The predicted octanol–water partition coefficient (Wildman–Crippen LogP) is 23.8. The van der Waals surface area contributed by atoms with E-state index in [1.54, 1.807) is 0 Å². The average Bonchev–Trinajstić information content (AvgIpc) is 1.63. The number of hydrogen-bond acceptors (Lipinski definition) is 0. The molecule has 16 aromatic rings. The molecular weight excluding hydrogens is 2310 g/mol. The number of unbranched alkanes of at least 4 members (excludes halogenated alkanes) is 2. The minimum atomic E-state index is -0.714. The Bertz CT molecular complexity index is 5640. The molecule has 124 heavy (non-hydrogen) atoms. The van der Waals surface area contributed by atoms with Crippen LogP contribution in [0.1, 0.15) is 92.4 Å². The standard InChI is InChI=1S/2C28H28P2.4C15H9.4Au/c2*1-5-15-25(16-6-1)29(26-17-7-2-8-18-26)23-13-14-24-30(27-19-9-3-10-20-27)28-21-11-4-12-22-28;2*1-2-11-7-5-8-13-10-12-6-3-4-9-14(12)15(11)13;1-2-11-7-8-15-13(9-11)10-12-5-3-4-6-14(12)15;1-2-11-7-8-13-10-12-5-3-4-6-14(12)15(13)9-11;;;;/h2*1-12,15-22H,13-14,23-24H2;4*3-9H,10H2;;;;/q;;4*-1;4*+1/p+4. The smallest absolute Gasteiger partial charge is 0.366 e. The van der Waals surface area contributed by atoms with Gasteiger partial charge in [-0.05, 0) is 210 Å². The summed E-state index contributed by atoms with van der Waals surface area (Å²) in [4.78, 5) is 0. The minimum absolute atomic E-state index is 0. The van der Waals surface area contributed by atoms with Crippen molar-refractivity contribution in [3.63, 3.8) is 0 Å². The first-order valence-corrected chi connectivity index (χ1v) is 48.6. The Balaban J connectivity index is 0.000000148. The van der Waals surface area contributed by atoms with Gasteiger partial charge in [-0.15, -0.1) is 58.7 Å². The zero-order valence-corrected chi connectivity index (χ0v) is 81.6. The van der Waals surface area contributed by atoms with Crippen LogP contribution < -0.4 is 42.4 Å². The molecular formula is C116H96Au4P4+4. The zero-order chi connectivity index (χ0) is 81.9. The van der Waals surface area contributed by atoms with Gasteiger partial charge < -0.3 is 25.7 Å². The van der Waals surface area contributed by atoms with Crippen LogP contribution in [-0.2, 0) is 115 Å². The fourth-order valence-corrected chi connectivity index (χ4v) is 28.0. The molecule has 0 bridgehead atoms. The van der Waals surface area contributed by atoms with Gasteiger partial charge >= 0.3 is 89.5 Å². The van der Waals surface area contributed by atoms with E-state index < -0.39 is 31.7 Å². The molecule has 0 radical (unpaired) electrons. The van der Waals surface area contributed by atoms with Crippen LogP contribution in [0.5, 0.6) is 0 Å². The van der Waals surface area contributed by atoms with E-state index in [-0.39, 0.29) is 89.5 Å². The number of fused-ring (bicyclic) bond motifs is 12. The van der Waals surface area contributed by atoms with Gasteiger partial charge in [-0.25, -0.2) is 0 Å². The van der Waals surface area contributed by atoms with Crippen molar-refractivity contribution < 1.29 is 89.5 Å². The predicted molar refractivity (Wildman–Crippen MR) is 523 cm³/mol. The molecule has 0 N–H and O–H groups in total. The van der Waals surface area contributed by atoms with E-state index >= 15 is 0 Å². The Hall–Kier alpha value is -9.56. The molecule has 8 heteroatoms. The van der Waals surface area contributed by atoms with Gasteiger partial charge in [-0.3, -0.25) is 23.7 Å². The third-order valence-corrected chi connectivity index (χ3v) is 34.6. The summed E-state index contributed by atoms with van der Waals surface area (Å²) in [5.74, 6) is 9.91. The Morgan fingerprint density at radius 3 is 0.718 bits per heavy atom. The summed E-state index contributed by atoms with van der Waals surface area (Å²) in [5.41, 5.74) is 24.4. The summed E-state index contributed by atoms with van der Waals surface area (Å²) >= 11 is 0. The van der Waals surface area contributed by atoms with Crippen LogP contribution in [0.2, 0.25) is 0 Å². The molecule has 0 amide bonds. The quantitative estimate of drug-likeness (QED) is 0.0264. The van der Waals surface area contributed by atoms with Gasteiger partial charge in [0.1, 0.15) is 0 Å². The van der Waals surface area contributed by atoms with E-state index in [9.17, 15) is 0 Å². The van der Waals surface area contributed by atoms with E-state index in [1.165, 1.54) is 182 Å². The first-order chi connectivity index (χ1) is 59.4. The molecule has 0 aliphatic heterocycles. The number of benzene rings is 16. The van der Waals surface area contributed by atoms with Gasteiger partial charge in [0.2, 0.25) is 0 Å². The molecule has 0 heterocycles. The van der Waals surface area contributed by atoms with Crippen molar-refractivity contribution in [1.82, 2.24) is 0 Å². The van der Waals surface area contributed by atoms with Gasteiger partial charge in [-0.2, -0.15) is 0 Å². The molecule has 0 unspecified atom stereocenters. The molecule has 0 saturated carbocycles. The minimum Gasteiger partial charge on any atom is -0.366 e. The van der Waals surface area contributed by atoms with Crippen LogP contribution in [0.4, 0.5) is 0 Å². The van der Waals surface area contributed by atoms with Crippen LogP contribution in [0.3, 0.4) is 0 Å². The monoisotopic (exact) mass is 2400 g/mol. The molecule has 0 spiro atoms. The summed E-state index contributed by atoms with van der Waals surface area (Å²) in [7, 11) is -2.86. The summed E-state index contributed by atoms with van der Waals surface area (Å²) in [6.45, 7) is 0. The van der Waals surface area contributed by atoms with Crippen molar-refractivity contribution in [2.24, 2.45) is 0 Å². The van der Waals surface area contributed by atoms with Crippen molar-refractivity contribution in [3.05, 3.63) is 505 Å². The van der Waals surface area contributed by atoms with Gasteiger partial charge in [0.15, 0.2) is 0 Å². The Kier molecular flexibility index (Phi) is 37.9. The fourth-order valence-electron chi connectivity index (χ4n) is 17.2. The van der Waals surface area contributed by atoms with E-state index in [1.807, 2.05) is 42.5 Å². The van der Waals surface area contributed by atoms with Crippen molar-refractivity contribution >= 4 is 74.1 Å². The second kappa shape index (κ2) is 49.4. The van der Waals surface area contributed by atoms with Gasteiger partial charge in [-0.1, -0.05) is 307 Å². The first kappa shape index (κ1) is 95.1. The molecule has 0 nitrogen and oxygen atoms in total. The van der Waals surface area contributed by atoms with Crippen LogP contribution in [0.25, 0.3) is 44.5 Å². The SMILES string of the molecule is [Au+].[Au+].[Au+].[Au+].[C-]#Cc1ccc2c(c1)-c1ccccc1C2.[C-]#Cc1ccc2c(c1)Cc1ccccc1-2.[C-]#Cc1cccc2c1-c1ccccc1C2.[C-]#Cc1cccc2c1-c1ccccc1C2.c1ccc([PH+](CCCC[PH+](c2ccccc2)c2ccccc2)c2ccccc2)cc1.c1ccc([PH+](CCCC[PH+](c2ccccc2)c2ccccc2)c2ccccc2)cc1. The molecule has 0 fully saturated rings. The Morgan fingerprint density at radius 1 is 0.185 bits per heavy atom. The number of hydrogen-bond donors (Lipinski definition) is 0. The zero-order valence-electron chi connectivity index (χ0n) is 69.0. The van der Waals surface area contributed by atoms with Crippen LogP contribution >= 0.6 is 31.7 Å². The topological polar surface area (TPSA) is 0 Å². The molecule has 20 rings (SSSR count). The summed E-state index contributed by atoms with van der Waals surface area (Å²) in [5, 5.41) is 12.3. The molecule has 620 valence electrons. The third-order valence-electron chi connectivity index (χ3n) is 23.0. The Morgan fingerprint density at radius 2 is 0.411 bits per heavy atom. The molecule has 4 aliphatic rings. The largest absolute Gasteiger partial charge is 1.00 e. The maximum absolute atomic E-state index is 7.30. The maximum atomic E-state index is 7.30. The van der Waals surface area contributed by atoms with E-state index in [2.05, 4.69) is 394 Å². The summed E-state index contributed by atoms with van der Waals surface area (Å²) < 4.78 is 0. The maximum Gasteiger partial charge on any atom is 1.00 e. The van der Waals surface area contributed by atoms with E-state index in [4.69, 9.17) is 25.7 Å². The molecule has 0 atom stereocenters.